The van der Waals surface area contributed by atoms with Crippen molar-refractivity contribution in [3.05, 3.63) is 76.7 Å². The second-order valence-electron chi connectivity index (χ2n) is 10.1. The van der Waals surface area contributed by atoms with Gasteiger partial charge in [-0.05, 0) is 49.1 Å². The molecule has 1 saturated heterocycles. The first-order valence-electron chi connectivity index (χ1n) is 13.3. The summed E-state index contributed by atoms with van der Waals surface area (Å²) in [5, 5.41) is 3.63. The Morgan fingerprint density at radius 2 is 2.00 bits per heavy atom. The van der Waals surface area contributed by atoms with E-state index in [1.54, 1.807) is 12.3 Å². The van der Waals surface area contributed by atoms with E-state index >= 15 is 0 Å². The van der Waals surface area contributed by atoms with Gasteiger partial charge in [-0.2, -0.15) is 0 Å². The first-order valence-corrected chi connectivity index (χ1v) is 13.7. The third-order valence-corrected chi connectivity index (χ3v) is 7.58. The third kappa shape index (κ3) is 6.04. The van der Waals surface area contributed by atoms with Crippen molar-refractivity contribution in [3.8, 4) is 11.3 Å². The Labute approximate surface area is 238 Å². The summed E-state index contributed by atoms with van der Waals surface area (Å²) >= 11 is 6.24. The van der Waals surface area contributed by atoms with Crippen molar-refractivity contribution >= 4 is 40.8 Å². The minimum absolute atomic E-state index is 0.0102. The first kappa shape index (κ1) is 27.5. The Bertz CT molecular complexity index is 1470. The molecule has 208 valence electrons. The van der Waals surface area contributed by atoms with Crippen molar-refractivity contribution in [3.63, 3.8) is 0 Å². The van der Waals surface area contributed by atoms with Gasteiger partial charge in [-0.25, -0.2) is 4.98 Å². The van der Waals surface area contributed by atoms with Crippen molar-refractivity contribution in [2.24, 2.45) is 0 Å². The molecule has 2 aliphatic rings. The molecule has 2 aliphatic heterocycles. The molecular weight excluding hydrogens is 530 g/mol. The number of nitrogens with zero attached hydrogens (tertiary/aromatic N) is 3. The number of aromatic amines is 1. The highest BCUT2D eigenvalue weighted by Crippen LogP contribution is 2.33. The minimum Gasteiger partial charge on any atom is -0.469 e. The molecule has 2 amide bonds. The molecule has 1 atom stereocenters. The van der Waals surface area contributed by atoms with Crippen LogP contribution in [0.2, 0.25) is 5.02 Å². The van der Waals surface area contributed by atoms with Gasteiger partial charge in [0.25, 0.3) is 0 Å². The molecule has 2 N–H and O–H groups in total. The summed E-state index contributed by atoms with van der Waals surface area (Å²) in [6, 6.07) is 10.9. The van der Waals surface area contributed by atoms with E-state index in [2.05, 4.69) is 20.2 Å². The van der Waals surface area contributed by atoms with Gasteiger partial charge in [-0.3, -0.25) is 14.4 Å². The van der Waals surface area contributed by atoms with Crippen LogP contribution in [0.25, 0.3) is 11.3 Å². The molecule has 1 aromatic heterocycles. The minimum atomic E-state index is -0.358. The van der Waals surface area contributed by atoms with Gasteiger partial charge < -0.3 is 24.8 Å². The van der Waals surface area contributed by atoms with E-state index in [0.29, 0.717) is 54.6 Å². The SMILES string of the molecule is COC(=O)Cc1ccc2c(c1)NC(=O)CC/C=C/C[C@H](N1CCN(c3cc(Cl)ccc3C)CC1=O)c1ncc-2[nH]1. The number of carbonyl (C=O) groups excluding carboxylic acids is 3. The quantitative estimate of drug-likeness (QED) is 0.349. The fourth-order valence-corrected chi connectivity index (χ4v) is 5.39. The molecule has 10 heteroatoms. The van der Waals surface area contributed by atoms with Crippen LogP contribution in [0.4, 0.5) is 11.4 Å². The Balaban J connectivity index is 1.44. The summed E-state index contributed by atoms with van der Waals surface area (Å²) in [4.78, 5) is 50.1. The van der Waals surface area contributed by atoms with E-state index in [0.717, 1.165) is 22.4 Å². The topological polar surface area (TPSA) is 108 Å². The predicted octanol–water partition coefficient (Wildman–Crippen LogP) is 4.82. The summed E-state index contributed by atoms with van der Waals surface area (Å²) in [5.41, 5.74) is 4.82. The molecule has 9 nitrogen and oxygen atoms in total. The van der Waals surface area contributed by atoms with E-state index in [4.69, 9.17) is 16.3 Å². The maximum Gasteiger partial charge on any atom is 0.309 e. The summed E-state index contributed by atoms with van der Waals surface area (Å²) in [6.45, 7) is 3.47. The number of methoxy groups -OCH3 is 1. The van der Waals surface area contributed by atoms with Crippen LogP contribution < -0.4 is 10.2 Å². The van der Waals surface area contributed by atoms with Gasteiger partial charge in [-0.1, -0.05) is 42.0 Å². The summed E-state index contributed by atoms with van der Waals surface area (Å²) < 4.78 is 4.80. The highest BCUT2D eigenvalue weighted by molar-refractivity contribution is 6.30. The van der Waals surface area contributed by atoms with Crippen LogP contribution in [-0.4, -0.2) is 59.4 Å². The largest absolute Gasteiger partial charge is 0.469 e. The number of benzene rings is 2. The molecule has 3 aromatic rings. The van der Waals surface area contributed by atoms with Gasteiger partial charge in [0.05, 0.1) is 43.7 Å². The summed E-state index contributed by atoms with van der Waals surface area (Å²) in [7, 11) is 1.35. The van der Waals surface area contributed by atoms with Crippen LogP contribution >= 0.6 is 11.6 Å². The zero-order valence-electron chi connectivity index (χ0n) is 22.6. The first-order chi connectivity index (χ1) is 19.3. The van der Waals surface area contributed by atoms with E-state index in [9.17, 15) is 14.4 Å². The van der Waals surface area contributed by atoms with Crippen molar-refractivity contribution < 1.29 is 19.1 Å². The maximum atomic E-state index is 13.5. The molecule has 0 unspecified atom stereocenters. The molecule has 40 heavy (non-hydrogen) atoms. The lowest BCUT2D eigenvalue weighted by Crippen LogP contribution is -2.51. The molecule has 5 rings (SSSR count). The van der Waals surface area contributed by atoms with E-state index in [1.807, 2.05) is 54.3 Å². The lowest BCUT2D eigenvalue weighted by molar-refractivity contribution is -0.139. The van der Waals surface area contributed by atoms with Gasteiger partial charge in [0.15, 0.2) is 0 Å². The number of allylic oxidation sites excluding steroid dienone is 1. The number of imidazole rings is 1. The second kappa shape index (κ2) is 12.0. The van der Waals surface area contributed by atoms with Gasteiger partial charge >= 0.3 is 5.97 Å². The molecule has 0 saturated carbocycles. The zero-order valence-corrected chi connectivity index (χ0v) is 23.3. The van der Waals surface area contributed by atoms with Crippen LogP contribution in [-0.2, 0) is 25.5 Å². The van der Waals surface area contributed by atoms with Crippen LogP contribution in [0, 0.1) is 6.92 Å². The lowest BCUT2D eigenvalue weighted by atomic mass is 10.0. The molecule has 0 radical (unpaired) electrons. The number of H-pyrrole nitrogens is 1. The van der Waals surface area contributed by atoms with Crippen LogP contribution in [0.3, 0.4) is 0 Å². The number of aromatic nitrogens is 2. The number of esters is 1. The predicted molar refractivity (Wildman–Crippen MR) is 154 cm³/mol. The summed E-state index contributed by atoms with van der Waals surface area (Å²) in [5.74, 6) is 0.203. The van der Waals surface area contributed by atoms with Crippen molar-refractivity contribution in [1.29, 1.82) is 0 Å². The Morgan fingerprint density at radius 3 is 2.80 bits per heavy atom. The Kier molecular flexibility index (Phi) is 8.21. The molecule has 3 heterocycles. The fourth-order valence-electron chi connectivity index (χ4n) is 5.22. The highest BCUT2D eigenvalue weighted by atomic mass is 35.5. The number of halogens is 1. The monoisotopic (exact) mass is 561 g/mol. The van der Waals surface area contributed by atoms with Crippen molar-refractivity contribution in [1.82, 2.24) is 14.9 Å². The average molecular weight is 562 g/mol. The second-order valence-corrected chi connectivity index (χ2v) is 10.5. The Morgan fingerprint density at radius 1 is 1.15 bits per heavy atom. The number of amides is 2. The van der Waals surface area contributed by atoms with Crippen LogP contribution in [0.15, 0.2) is 54.7 Å². The smallest absolute Gasteiger partial charge is 0.309 e. The number of rotatable bonds is 4. The van der Waals surface area contributed by atoms with Gasteiger partial charge in [0, 0.05) is 35.8 Å². The van der Waals surface area contributed by atoms with Crippen LogP contribution in [0.5, 0.6) is 0 Å². The standard InChI is InChI=1S/C30H32ClN5O4/c1-19-8-10-21(31)16-26(19)35-12-13-36(28(38)18-35)25-6-4-3-5-7-27(37)33-23-14-20(15-29(39)40-2)9-11-22(23)24-17-32-30(25)34-24/h3-4,8-11,14,16-17,25H,5-7,12-13,15,18H2,1-2H3,(H,32,34)(H,33,37)/b4-3+/t25-/m0/s1. The number of ether oxygens (including phenoxy) is 1. The number of fused-ring (bicyclic) bond motifs is 4. The molecule has 2 aromatic carbocycles. The number of carbonyl (C=O) groups is 3. The molecule has 0 spiro atoms. The molecule has 1 fully saturated rings. The number of aryl methyl sites for hydroxylation is 1. The van der Waals surface area contributed by atoms with E-state index in [1.165, 1.54) is 7.11 Å². The number of hydrogen-bond acceptors (Lipinski definition) is 6. The summed E-state index contributed by atoms with van der Waals surface area (Å²) in [6.07, 6.45) is 7.25. The molecule has 2 bridgehead atoms. The number of hydrogen-bond donors (Lipinski definition) is 2. The fraction of sp³-hybridized carbons (Fsp3) is 0.333. The third-order valence-electron chi connectivity index (χ3n) is 7.34. The number of anilines is 2. The van der Waals surface area contributed by atoms with Crippen molar-refractivity contribution in [2.75, 3.05) is 37.0 Å². The maximum absolute atomic E-state index is 13.5. The van der Waals surface area contributed by atoms with E-state index in [-0.39, 0.29) is 36.8 Å². The van der Waals surface area contributed by atoms with Gasteiger partial charge in [0.1, 0.15) is 5.82 Å². The number of nitrogens with one attached hydrogen (secondary N) is 2. The lowest BCUT2D eigenvalue weighted by Gasteiger charge is -2.39. The van der Waals surface area contributed by atoms with Crippen molar-refractivity contribution in [2.45, 2.75) is 38.6 Å². The normalized spacial score (nSPS) is 18.6. The zero-order chi connectivity index (χ0) is 28.2. The highest BCUT2D eigenvalue weighted by Gasteiger charge is 2.32. The van der Waals surface area contributed by atoms with E-state index < -0.39 is 0 Å². The Hall–Kier alpha value is -4.11. The molecular formula is C30H32ClN5O4. The average Bonchev–Trinajstić information content (AvgIpc) is 3.42. The molecule has 0 aliphatic carbocycles. The van der Waals surface area contributed by atoms with Crippen LogP contribution in [0.1, 0.15) is 42.3 Å². The number of piperazine rings is 1. The van der Waals surface area contributed by atoms with Gasteiger partial charge in [-0.15, -0.1) is 0 Å². The van der Waals surface area contributed by atoms with Gasteiger partial charge in [0.2, 0.25) is 11.8 Å².